The lowest BCUT2D eigenvalue weighted by Gasteiger charge is -2.12. The summed E-state index contributed by atoms with van der Waals surface area (Å²) in [6, 6.07) is 19.2. The zero-order valence-corrected chi connectivity index (χ0v) is 17.9. The number of rotatable bonds is 6. The summed E-state index contributed by atoms with van der Waals surface area (Å²) >= 11 is 11.9. The van der Waals surface area contributed by atoms with E-state index in [2.05, 4.69) is 5.32 Å². The van der Waals surface area contributed by atoms with E-state index in [9.17, 15) is 16.8 Å². The van der Waals surface area contributed by atoms with Crippen molar-refractivity contribution in [2.75, 3.05) is 5.32 Å². The fraction of sp³-hybridized carbons (Fsp3) is 0. The maximum Gasteiger partial charge on any atom is 0.219 e. The molecule has 3 aromatic carbocycles. The minimum Gasteiger partial charge on any atom is -0.360 e. The number of halogens is 2. The van der Waals surface area contributed by atoms with Crippen molar-refractivity contribution >= 4 is 48.6 Å². The van der Waals surface area contributed by atoms with Gasteiger partial charge in [0.25, 0.3) is 0 Å². The van der Waals surface area contributed by atoms with Crippen molar-refractivity contribution in [3.63, 3.8) is 0 Å². The van der Waals surface area contributed by atoms with Crippen molar-refractivity contribution in [3.05, 3.63) is 99.3 Å². The molecule has 29 heavy (non-hydrogen) atoms. The summed E-state index contributed by atoms with van der Waals surface area (Å²) in [5, 5.41) is 3.26. The Labute approximate surface area is 179 Å². The second-order valence-corrected chi connectivity index (χ2v) is 10.8. The lowest BCUT2D eigenvalue weighted by atomic mass is 10.3. The van der Waals surface area contributed by atoms with Crippen LogP contribution in [0.2, 0.25) is 10.0 Å². The first kappa shape index (κ1) is 21.4. The van der Waals surface area contributed by atoms with E-state index in [0.717, 1.165) is 6.20 Å². The molecule has 0 bridgehead atoms. The van der Waals surface area contributed by atoms with Crippen LogP contribution in [0.1, 0.15) is 0 Å². The minimum atomic E-state index is -4.34. The molecule has 0 aliphatic heterocycles. The average molecular weight is 468 g/mol. The maximum atomic E-state index is 13.2. The van der Waals surface area contributed by atoms with Crippen LogP contribution in [0.5, 0.6) is 0 Å². The molecule has 5 nitrogen and oxygen atoms in total. The van der Waals surface area contributed by atoms with Gasteiger partial charge >= 0.3 is 0 Å². The molecule has 0 aromatic heterocycles. The van der Waals surface area contributed by atoms with Gasteiger partial charge in [-0.15, -0.1) is 0 Å². The van der Waals surface area contributed by atoms with E-state index in [-0.39, 0.29) is 14.8 Å². The van der Waals surface area contributed by atoms with Crippen LogP contribution in [0.15, 0.2) is 99.1 Å². The first-order valence-corrected chi connectivity index (χ1v) is 12.0. The summed E-state index contributed by atoms with van der Waals surface area (Å²) in [5.74, 6) is 0. The lowest BCUT2D eigenvalue weighted by molar-refractivity contribution is 0.595. The highest BCUT2D eigenvalue weighted by Gasteiger charge is 2.33. The summed E-state index contributed by atoms with van der Waals surface area (Å²) in [7, 11) is -8.69. The van der Waals surface area contributed by atoms with E-state index >= 15 is 0 Å². The van der Waals surface area contributed by atoms with Crippen LogP contribution in [-0.2, 0) is 19.7 Å². The molecule has 0 saturated heterocycles. The Kier molecular flexibility index (Phi) is 6.33. The third-order valence-electron chi connectivity index (χ3n) is 3.91. The van der Waals surface area contributed by atoms with Gasteiger partial charge < -0.3 is 5.32 Å². The normalized spacial score (nSPS) is 11.7. The molecule has 0 radical (unpaired) electrons. The summed E-state index contributed by atoms with van der Waals surface area (Å²) < 4.78 is 51.9. The fourth-order valence-electron chi connectivity index (χ4n) is 2.46. The SMILES string of the molecule is O=S(=O)(C(=CNc1ccc(Cl)c(Cl)c1)S(=O)(=O)c1ccccc1)c1ccccc1. The molecule has 0 spiro atoms. The van der Waals surface area contributed by atoms with Gasteiger partial charge in [-0.25, -0.2) is 16.8 Å². The molecular formula is C20H15Cl2NO4S2. The van der Waals surface area contributed by atoms with Crippen LogP contribution in [-0.4, -0.2) is 16.8 Å². The van der Waals surface area contributed by atoms with Crippen LogP contribution in [0.3, 0.4) is 0 Å². The van der Waals surface area contributed by atoms with E-state index in [1.165, 1.54) is 60.7 Å². The van der Waals surface area contributed by atoms with Gasteiger partial charge in [0.15, 0.2) is 4.24 Å². The summed E-state index contributed by atoms with van der Waals surface area (Å²) in [4.78, 5) is -0.275. The zero-order valence-electron chi connectivity index (χ0n) is 14.8. The molecule has 1 N–H and O–H groups in total. The van der Waals surface area contributed by atoms with Crippen molar-refractivity contribution in [2.24, 2.45) is 0 Å². The minimum absolute atomic E-state index is 0.137. The summed E-state index contributed by atoms with van der Waals surface area (Å²) in [6.45, 7) is 0. The van der Waals surface area contributed by atoms with Gasteiger partial charge in [-0.3, -0.25) is 0 Å². The number of benzene rings is 3. The number of hydrogen-bond donors (Lipinski definition) is 1. The van der Waals surface area contributed by atoms with Crippen molar-refractivity contribution in [1.29, 1.82) is 0 Å². The van der Waals surface area contributed by atoms with E-state index in [0.29, 0.717) is 10.7 Å². The Balaban J connectivity index is 2.15. The van der Waals surface area contributed by atoms with Gasteiger partial charge in [-0.05, 0) is 42.5 Å². The van der Waals surface area contributed by atoms with Gasteiger partial charge in [0.1, 0.15) is 0 Å². The molecule has 3 rings (SSSR count). The molecule has 0 aliphatic rings. The highest BCUT2D eigenvalue weighted by atomic mass is 35.5. The van der Waals surface area contributed by atoms with Crippen LogP contribution >= 0.6 is 23.2 Å². The van der Waals surface area contributed by atoms with E-state index in [1.54, 1.807) is 18.2 Å². The Hall–Kier alpha value is -2.32. The smallest absolute Gasteiger partial charge is 0.219 e. The van der Waals surface area contributed by atoms with Gasteiger partial charge in [-0.2, -0.15) is 0 Å². The van der Waals surface area contributed by atoms with E-state index in [1.807, 2.05) is 0 Å². The first-order valence-electron chi connectivity index (χ1n) is 8.25. The molecule has 0 aliphatic carbocycles. The van der Waals surface area contributed by atoms with Crippen molar-refractivity contribution in [2.45, 2.75) is 9.79 Å². The molecule has 0 heterocycles. The quantitative estimate of drug-likeness (QED) is 0.541. The number of anilines is 1. The molecule has 0 atom stereocenters. The summed E-state index contributed by atoms with van der Waals surface area (Å²) in [5.41, 5.74) is 0.378. The number of nitrogens with one attached hydrogen (secondary N) is 1. The van der Waals surface area contributed by atoms with E-state index in [4.69, 9.17) is 23.2 Å². The number of hydrogen-bond acceptors (Lipinski definition) is 5. The Morgan fingerprint density at radius 3 is 1.62 bits per heavy atom. The summed E-state index contributed by atoms with van der Waals surface area (Å²) in [6.07, 6.45) is 0.949. The average Bonchev–Trinajstić information content (AvgIpc) is 2.72. The van der Waals surface area contributed by atoms with Gasteiger partial charge in [-0.1, -0.05) is 59.6 Å². The van der Waals surface area contributed by atoms with Crippen LogP contribution < -0.4 is 5.32 Å². The lowest BCUT2D eigenvalue weighted by Crippen LogP contribution is -2.16. The Morgan fingerprint density at radius 1 is 0.690 bits per heavy atom. The van der Waals surface area contributed by atoms with Crippen LogP contribution in [0.25, 0.3) is 0 Å². The second kappa shape index (κ2) is 8.59. The predicted octanol–water partition coefficient (Wildman–Crippen LogP) is 5.15. The second-order valence-electron chi connectivity index (χ2n) is 5.87. The van der Waals surface area contributed by atoms with Crippen molar-refractivity contribution in [1.82, 2.24) is 0 Å². The van der Waals surface area contributed by atoms with Crippen LogP contribution in [0.4, 0.5) is 5.69 Å². The molecule has 0 saturated carbocycles. The van der Waals surface area contributed by atoms with Crippen molar-refractivity contribution < 1.29 is 16.8 Å². The monoisotopic (exact) mass is 467 g/mol. The maximum absolute atomic E-state index is 13.2. The largest absolute Gasteiger partial charge is 0.360 e. The predicted molar refractivity (Wildman–Crippen MR) is 115 cm³/mol. The fourth-order valence-corrected chi connectivity index (χ4v) is 6.41. The highest BCUT2D eigenvalue weighted by molar-refractivity contribution is 8.14. The van der Waals surface area contributed by atoms with Gasteiger partial charge in [0.05, 0.1) is 19.8 Å². The molecule has 9 heteroatoms. The molecule has 3 aromatic rings. The molecule has 0 fully saturated rings. The molecular weight excluding hydrogens is 453 g/mol. The Bertz CT molecular complexity index is 1190. The number of sulfone groups is 2. The van der Waals surface area contributed by atoms with E-state index < -0.39 is 23.9 Å². The van der Waals surface area contributed by atoms with Gasteiger partial charge in [0, 0.05) is 11.9 Å². The molecule has 0 unspecified atom stereocenters. The standard InChI is InChI=1S/C20H15Cl2NO4S2/c21-18-12-11-15(13-19(18)22)23-14-20(28(24,25)16-7-3-1-4-8-16)29(26,27)17-9-5-2-6-10-17/h1-14,23H. The molecule has 0 amide bonds. The van der Waals surface area contributed by atoms with Crippen LogP contribution in [0, 0.1) is 0 Å². The highest BCUT2D eigenvalue weighted by Crippen LogP contribution is 2.30. The third-order valence-corrected chi connectivity index (χ3v) is 9.05. The molecule has 150 valence electrons. The van der Waals surface area contributed by atoms with Gasteiger partial charge in [0.2, 0.25) is 19.7 Å². The zero-order chi connectivity index (χ0) is 21.1. The topological polar surface area (TPSA) is 80.3 Å². The first-order chi connectivity index (χ1) is 13.7. The Morgan fingerprint density at radius 2 is 1.17 bits per heavy atom. The van der Waals surface area contributed by atoms with Crippen molar-refractivity contribution in [3.8, 4) is 0 Å². The third kappa shape index (κ3) is 4.64.